The molecule has 1 unspecified atom stereocenters. The molecule has 1 heterocycles. The Kier molecular flexibility index (Phi) is 6.35. The third kappa shape index (κ3) is 4.80. The summed E-state index contributed by atoms with van der Waals surface area (Å²) in [4.78, 5) is 15.2. The lowest BCUT2D eigenvalue weighted by atomic mass is 10.0. The van der Waals surface area contributed by atoms with E-state index in [1.807, 2.05) is 0 Å². The molecule has 0 spiro atoms. The molecule has 1 amide bonds. The molecule has 144 valence electrons. The lowest BCUT2D eigenvalue weighted by molar-refractivity contribution is 0.0937. The van der Waals surface area contributed by atoms with Gasteiger partial charge in [-0.3, -0.25) is 9.69 Å². The molecular weight excluding hydrogens is 340 g/mol. The van der Waals surface area contributed by atoms with Crippen molar-refractivity contribution < 1.29 is 14.3 Å². The number of hydrogen-bond acceptors (Lipinski definition) is 4. The Morgan fingerprint density at radius 2 is 1.63 bits per heavy atom. The van der Waals surface area contributed by atoms with Gasteiger partial charge in [0, 0.05) is 18.2 Å². The van der Waals surface area contributed by atoms with Gasteiger partial charge in [0.05, 0.1) is 20.3 Å². The number of benzene rings is 2. The normalized spacial score (nSPS) is 15.4. The molecule has 1 saturated heterocycles. The largest absolute Gasteiger partial charge is 0.497 e. The lowest BCUT2D eigenvalue weighted by Crippen LogP contribution is -2.36. The van der Waals surface area contributed by atoms with E-state index in [4.69, 9.17) is 9.47 Å². The predicted molar refractivity (Wildman–Crippen MR) is 107 cm³/mol. The van der Waals surface area contributed by atoms with E-state index in [-0.39, 0.29) is 11.9 Å². The number of ether oxygens (including phenoxy) is 2. The Morgan fingerprint density at radius 1 is 1.04 bits per heavy atom. The van der Waals surface area contributed by atoms with Crippen LogP contribution in [0.25, 0.3) is 0 Å². The molecule has 0 aliphatic carbocycles. The van der Waals surface area contributed by atoms with Gasteiger partial charge >= 0.3 is 0 Å². The highest BCUT2D eigenvalue weighted by Gasteiger charge is 2.24. The van der Waals surface area contributed by atoms with E-state index in [0.29, 0.717) is 23.6 Å². The predicted octanol–water partition coefficient (Wildman–Crippen LogP) is 3.58. The second kappa shape index (κ2) is 8.91. The molecule has 0 bridgehead atoms. The number of carbonyl (C=O) groups excluding carboxylic acids is 1. The number of nitrogens with one attached hydrogen (secondary N) is 1. The standard InChI is InChI=1S/C22H28N2O3/c1-16-6-8-17(9-7-16)21(24-10-4-5-11-24)15-23-22(25)18-12-19(26-2)14-20(13-18)27-3/h6-9,12-14,21H,4-5,10-11,15H2,1-3H3,(H,23,25). The van der Waals surface area contributed by atoms with Crippen molar-refractivity contribution in [2.75, 3.05) is 33.9 Å². The van der Waals surface area contributed by atoms with Crippen molar-refractivity contribution in [3.05, 3.63) is 59.2 Å². The van der Waals surface area contributed by atoms with Gasteiger partial charge in [-0.05, 0) is 50.6 Å². The molecule has 27 heavy (non-hydrogen) atoms. The minimum atomic E-state index is -0.122. The number of nitrogens with zero attached hydrogens (tertiary/aromatic N) is 1. The van der Waals surface area contributed by atoms with Crippen LogP contribution >= 0.6 is 0 Å². The SMILES string of the molecule is COc1cc(OC)cc(C(=O)NCC(c2ccc(C)cc2)N2CCCC2)c1. The molecule has 3 rings (SSSR count). The van der Waals surface area contributed by atoms with Gasteiger partial charge in [0.1, 0.15) is 11.5 Å². The Morgan fingerprint density at radius 3 is 2.19 bits per heavy atom. The van der Waals surface area contributed by atoms with Crippen LogP contribution < -0.4 is 14.8 Å². The van der Waals surface area contributed by atoms with E-state index in [0.717, 1.165) is 13.1 Å². The van der Waals surface area contributed by atoms with E-state index in [1.54, 1.807) is 32.4 Å². The molecule has 0 saturated carbocycles. The van der Waals surface area contributed by atoms with Gasteiger partial charge < -0.3 is 14.8 Å². The summed E-state index contributed by atoms with van der Waals surface area (Å²) in [5, 5.41) is 3.10. The van der Waals surface area contributed by atoms with Crippen molar-refractivity contribution >= 4 is 5.91 Å². The minimum absolute atomic E-state index is 0.122. The summed E-state index contributed by atoms with van der Waals surface area (Å²) in [6.45, 7) is 4.80. The zero-order valence-corrected chi connectivity index (χ0v) is 16.3. The molecule has 2 aromatic rings. The van der Waals surface area contributed by atoms with Gasteiger partial charge in [-0.1, -0.05) is 29.8 Å². The number of methoxy groups -OCH3 is 2. The third-order valence-corrected chi connectivity index (χ3v) is 5.11. The van der Waals surface area contributed by atoms with Gasteiger partial charge in [0.25, 0.3) is 5.91 Å². The first kappa shape index (κ1) is 19.2. The molecule has 2 aromatic carbocycles. The number of likely N-dealkylation sites (tertiary alicyclic amines) is 1. The number of carbonyl (C=O) groups is 1. The highest BCUT2D eigenvalue weighted by atomic mass is 16.5. The van der Waals surface area contributed by atoms with E-state index in [1.165, 1.54) is 24.0 Å². The van der Waals surface area contributed by atoms with Crippen molar-refractivity contribution in [1.29, 1.82) is 0 Å². The Hall–Kier alpha value is -2.53. The first-order valence-corrected chi connectivity index (χ1v) is 9.42. The Labute approximate surface area is 161 Å². The van der Waals surface area contributed by atoms with Gasteiger partial charge in [-0.15, -0.1) is 0 Å². The second-order valence-electron chi connectivity index (χ2n) is 6.98. The van der Waals surface area contributed by atoms with Gasteiger partial charge in [-0.25, -0.2) is 0 Å². The van der Waals surface area contributed by atoms with Crippen molar-refractivity contribution in [2.24, 2.45) is 0 Å². The average molecular weight is 368 g/mol. The van der Waals surface area contributed by atoms with Crippen LogP contribution in [0.3, 0.4) is 0 Å². The zero-order chi connectivity index (χ0) is 19.2. The van der Waals surface area contributed by atoms with E-state index in [2.05, 4.69) is 41.4 Å². The third-order valence-electron chi connectivity index (χ3n) is 5.11. The Balaban J connectivity index is 1.74. The molecule has 0 radical (unpaired) electrons. The van der Waals surface area contributed by atoms with Crippen molar-refractivity contribution in [3.63, 3.8) is 0 Å². The summed E-state index contributed by atoms with van der Waals surface area (Å²) in [5.41, 5.74) is 3.02. The maximum atomic E-state index is 12.7. The molecule has 5 nitrogen and oxygen atoms in total. The van der Waals surface area contributed by atoms with Crippen LogP contribution in [0, 0.1) is 6.92 Å². The quantitative estimate of drug-likeness (QED) is 0.812. The fraction of sp³-hybridized carbons (Fsp3) is 0.409. The summed E-state index contributed by atoms with van der Waals surface area (Å²) in [5.74, 6) is 1.09. The lowest BCUT2D eigenvalue weighted by Gasteiger charge is -2.28. The van der Waals surface area contributed by atoms with Gasteiger partial charge in [0.15, 0.2) is 0 Å². The molecule has 1 fully saturated rings. The average Bonchev–Trinajstić information content (AvgIpc) is 3.23. The number of amides is 1. The van der Waals surface area contributed by atoms with Crippen LogP contribution in [0.2, 0.25) is 0 Å². The van der Waals surface area contributed by atoms with Gasteiger partial charge in [-0.2, -0.15) is 0 Å². The molecule has 1 N–H and O–H groups in total. The van der Waals surface area contributed by atoms with Crippen LogP contribution in [0.15, 0.2) is 42.5 Å². The molecule has 1 aliphatic heterocycles. The smallest absolute Gasteiger partial charge is 0.251 e. The molecule has 1 atom stereocenters. The number of aryl methyl sites for hydroxylation is 1. The first-order valence-electron chi connectivity index (χ1n) is 9.42. The van der Waals surface area contributed by atoms with Crippen LogP contribution in [-0.4, -0.2) is 44.7 Å². The van der Waals surface area contributed by atoms with E-state index >= 15 is 0 Å². The summed E-state index contributed by atoms with van der Waals surface area (Å²) >= 11 is 0. The summed E-state index contributed by atoms with van der Waals surface area (Å²) < 4.78 is 10.5. The van der Waals surface area contributed by atoms with Crippen LogP contribution in [0.4, 0.5) is 0 Å². The molecule has 5 heteroatoms. The van der Waals surface area contributed by atoms with E-state index < -0.39 is 0 Å². The van der Waals surface area contributed by atoms with Crippen LogP contribution in [0.5, 0.6) is 11.5 Å². The summed E-state index contributed by atoms with van der Waals surface area (Å²) in [6, 6.07) is 14.0. The maximum Gasteiger partial charge on any atom is 0.251 e. The van der Waals surface area contributed by atoms with Crippen molar-refractivity contribution in [1.82, 2.24) is 10.2 Å². The summed E-state index contributed by atoms with van der Waals surface area (Å²) in [6.07, 6.45) is 2.42. The number of rotatable bonds is 7. The molecule has 1 aliphatic rings. The minimum Gasteiger partial charge on any atom is -0.497 e. The highest BCUT2D eigenvalue weighted by molar-refractivity contribution is 5.95. The van der Waals surface area contributed by atoms with Gasteiger partial charge in [0.2, 0.25) is 0 Å². The fourth-order valence-electron chi connectivity index (χ4n) is 3.53. The second-order valence-corrected chi connectivity index (χ2v) is 6.98. The molecular formula is C22H28N2O3. The Bertz CT molecular complexity index is 745. The van der Waals surface area contributed by atoms with E-state index in [9.17, 15) is 4.79 Å². The summed E-state index contributed by atoms with van der Waals surface area (Å²) in [7, 11) is 3.16. The van der Waals surface area contributed by atoms with Crippen molar-refractivity contribution in [2.45, 2.75) is 25.8 Å². The van der Waals surface area contributed by atoms with Crippen molar-refractivity contribution in [3.8, 4) is 11.5 Å². The fourth-order valence-corrected chi connectivity index (χ4v) is 3.53. The topological polar surface area (TPSA) is 50.8 Å². The highest BCUT2D eigenvalue weighted by Crippen LogP contribution is 2.26. The van der Waals surface area contributed by atoms with Crippen LogP contribution in [0.1, 0.15) is 40.4 Å². The number of hydrogen-bond donors (Lipinski definition) is 1. The molecule has 0 aromatic heterocycles. The monoisotopic (exact) mass is 368 g/mol. The maximum absolute atomic E-state index is 12.7. The van der Waals surface area contributed by atoms with Crippen LogP contribution in [-0.2, 0) is 0 Å². The zero-order valence-electron chi connectivity index (χ0n) is 16.3. The first-order chi connectivity index (χ1) is 13.1.